The van der Waals surface area contributed by atoms with Crippen LogP contribution < -0.4 is 0 Å². The second kappa shape index (κ2) is 6.82. The smallest absolute Gasteiger partial charge is 0.294 e. The SMILES string of the molecule is Cc1ccc(C=O)cc1.O=S(=O)(O)c1ccccc1. The maximum Gasteiger partial charge on any atom is 0.294 e. The Morgan fingerprint density at radius 2 is 1.47 bits per heavy atom. The third kappa shape index (κ3) is 5.46. The molecule has 0 aromatic heterocycles. The van der Waals surface area contributed by atoms with Crippen LogP contribution in [0.25, 0.3) is 0 Å². The van der Waals surface area contributed by atoms with Crippen LogP contribution in [0.3, 0.4) is 0 Å². The molecule has 1 N–H and O–H groups in total. The molecule has 4 nitrogen and oxygen atoms in total. The molecule has 2 aromatic carbocycles. The quantitative estimate of drug-likeness (QED) is 0.677. The number of carbonyl (C=O) groups is 1. The summed E-state index contributed by atoms with van der Waals surface area (Å²) >= 11 is 0. The van der Waals surface area contributed by atoms with E-state index in [2.05, 4.69) is 0 Å². The highest BCUT2D eigenvalue weighted by molar-refractivity contribution is 7.85. The Balaban J connectivity index is 0.000000191. The van der Waals surface area contributed by atoms with Crippen molar-refractivity contribution in [1.82, 2.24) is 0 Å². The number of carbonyl (C=O) groups excluding carboxylic acids is 1. The number of aldehydes is 1. The zero-order valence-corrected chi connectivity index (χ0v) is 11.2. The number of hydrogen-bond acceptors (Lipinski definition) is 3. The van der Waals surface area contributed by atoms with Gasteiger partial charge in [-0.1, -0.05) is 48.0 Å². The van der Waals surface area contributed by atoms with Crippen molar-refractivity contribution < 1.29 is 17.8 Å². The summed E-state index contributed by atoms with van der Waals surface area (Å²) in [4.78, 5) is 10.0. The van der Waals surface area contributed by atoms with E-state index in [1.165, 1.54) is 17.7 Å². The normalized spacial score (nSPS) is 10.2. The van der Waals surface area contributed by atoms with E-state index in [1.54, 1.807) is 18.2 Å². The minimum atomic E-state index is -4.00. The van der Waals surface area contributed by atoms with Gasteiger partial charge in [0.15, 0.2) is 0 Å². The molecule has 0 aliphatic rings. The first-order valence-corrected chi connectivity index (χ1v) is 6.92. The van der Waals surface area contributed by atoms with Gasteiger partial charge in [-0.2, -0.15) is 8.42 Å². The maximum atomic E-state index is 10.4. The van der Waals surface area contributed by atoms with E-state index in [0.717, 1.165) is 11.8 Å². The van der Waals surface area contributed by atoms with E-state index in [-0.39, 0.29) is 4.90 Å². The van der Waals surface area contributed by atoms with E-state index < -0.39 is 10.1 Å². The number of rotatable bonds is 2. The zero-order chi connectivity index (χ0) is 14.3. The van der Waals surface area contributed by atoms with Gasteiger partial charge in [-0.15, -0.1) is 0 Å². The first kappa shape index (κ1) is 15.1. The van der Waals surface area contributed by atoms with Crippen LogP contribution in [0, 0.1) is 6.92 Å². The van der Waals surface area contributed by atoms with Crippen molar-refractivity contribution in [2.75, 3.05) is 0 Å². The average molecular weight is 278 g/mol. The fraction of sp³-hybridized carbons (Fsp3) is 0.0714. The summed E-state index contributed by atoms with van der Waals surface area (Å²) < 4.78 is 29.2. The lowest BCUT2D eigenvalue weighted by Crippen LogP contribution is -1.96. The van der Waals surface area contributed by atoms with Crippen molar-refractivity contribution in [2.45, 2.75) is 11.8 Å². The summed E-state index contributed by atoms with van der Waals surface area (Å²) in [7, 11) is -4.00. The van der Waals surface area contributed by atoms with Gasteiger partial charge in [-0.3, -0.25) is 9.35 Å². The minimum absolute atomic E-state index is 0.0741. The van der Waals surface area contributed by atoms with Gasteiger partial charge in [0.25, 0.3) is 10.1 Å². The van der Waals surface area contributed by atoms with Gasteiger partial charge < -0.3 is 0 Å². The molecule has 0 amide bonds. The first-order chi connectivity index (χ1) is 8.93. The highest BCUT2D eigenvalue weighted by Gasteiger charge is 2.05. The Labute approximate surface area is 112 Å². The van der Waals surface area contributed by atoms with Crippen molar-refractivity contribution >= 4 is 16.4 Å². The molecule has 2 rings (SSSR count). The van der Waals surface area contributed by atoms with Crippen molar-refractivity contribution in [2.24, 2.45) is 0 Å². The molecule has 0 spiro atoms. The second-order valence-corrected chi connectivity index (χ2v) is 5.24. The van der Waals surface area contributed by atoms with Gasteiger partial charge in [0.05, 0.1) is 4.90 Å². The fourth-order valence-electron chi connectivity index (χ4n) is 1.24. The minimum Gasteiger partial charge on any atom is -0.298 e. The molecule has 0 atom stereocenters. The summed E-state index contributed by atoms with van der Waals surface area (Å²) in [6.45, 7) is 1.99. The molecule has 0 aliphatic carbocycles. The van der Waals surface area contributed by atoms with Crippen LogP contribution in [0.4, 0.5) is 0 Å². The average Bonchev–Trinajstić information content (AvgIpc) is 2.40. The van der Waals surface area contributed by atoms with Crippen LogP contribution >= 0.6 is 0 Å². The molecule has 0 unspecified atom stereocenters. The predicted octanol–water partition coefficient (Wildman–Crippen LogP) is 2.74. The fourth-order valence-corrected chi connectivity index (χ4v) is 1.74. The van der Waals surface area contributed by atoms with Gasteiger partial charge in [0.1, 0.15) is 6.29 Å². The third-order valence-electron chi connectivity index (χ3n) is 2.25. The lowest BCUT2D eigenvalue weighted by molar-refractivity contribution is 0.112. The lowest BCUT2D eigenvalue weighted by atomic mass is 10.2. The monoisotopic (exact) mass is 278 g/mol. The Bertz CT molecular complexity index is 616. The zero-order valence-electron chi connectivity index (χ0n) is 10.4. The molecule has 0 bridgehead atoms. The Kier molecular flexibility index (Phi) is 5.41. The molecule has 100 valence electrons. The van der Waals surface area contributed by atoms with E-state index in [1.807, 2.05) is 31.2 Å². The third-order valence-corrected chi connectivity index (χ3v) is 3.12. The highest BCUT2D eigenvalue weighted by atomic mass is 32.2. The molecular formula is C14H14O4S. The van der Waals surface area contributed by atoms with Crippen LogP contribution in [-0.2, 0) is 10.1 Å². The molecule has 2 aromatic rings. The molecule has 0 saturated carbocycles. The van der Waals surface area contributed by atoms with Gasteiger partial charge >= 0.3 is 0 Å². The maximum absolute atomic E-state index is 10.4. The van der Waals surface area contributed by atoms with E-state index in [0.29, 0.717) is 0 Å². The standard InChI is InChI=1S/C8H8O.C6H6O3S/c1-7-2-4-8(6-9)5-3-7;7-10(8,9)6-4-2-1-3-5-6/h2-6H,1H3;1-5H,(H,7,8,9). The largest absolute Gasteiger partial charge is 0.298 e. The summed E-state index contributed by atoms with van der Waals surface area (Å²) in [5, 5.41) is 0. The Morgan fingerprint density at radius 1 is 0.947 bits per heavy atom. The van der Waals surface area contributed by atoms with Gasteiger partial charge in [0.2, 0.25) is 0 Å². The topological polar surface area (TPSA) is 71.4 Å². The predicted molar refractivity (Wildman–Crippen MR) is 72.8 cm³/mol. The number of hydrogen-bond donors (Lipinski definition) is 1. The van der Waals surface area contributed by atoms with Gasteiger partial charge in [-0.05, 0) is 19.1 Å². The molecular weight excluding hydrogens is 264 g/mol. The molecule has 0 heterocycles. The van der Waals surface area contributed by atoms with Crippen LogP contribution in [0.1, 0.15) is 15.9 Å². The molecule has 0 radical (unpaired) electrons. The molecule has 0 saturated heterocycles. The second-order valence-electron chi connectivity index (χ2n) is 3.82. The van der Waals surface area contributed by atoms with E-state index in [4.69, 9.17) is 4.55 Å². The van der Waals surface area contributed by atoms with Crippen molar-refractivity contribution in [3.63, 3.8) is 0 Å². The summed E-state index contributed by atoms with van der Waals surface area (Å²) in [6, 6.07) is 14.9. The van der Waals surface area contributed by atoms with Gasteiger partial charge in [-0.25, -0.2) is 0 Å². The number of benzene rings is 2. The number of aryl methyl sites for hydroxylation is 1. The molecule has 19 heavy (non-hydrogen) atoms. The van der Waals surface area contributed by atoms with Crippen molar-refractivity contribution in [3.8, 4) is 0 Å². The molecule has 5 heteroatoms. The molecule has 0 aliphatic heterocycles. The first-order valence-electron chi connectivity index (χ1n) is 5.48. The van der Waals surface area contributed by atoms with Crippen LogP contribution in [0.15, 0.2) is 59.5 Å². The summed E-state index contributed by atoms with van der Waals surface area (Å²) in [5.41, 5.74) is 1.92. The van der Waals surface area contributed by atoms with E-state index >= 15 is 0 Å². The van der Waals surface area contributed by atoms with Crippen LogP contribution in [0.2, 0.25) is 0 Å². The summed E-state index contributed by atoms with van der Waals surface area (Å²) in [5.74, 6) is 0. The van der Waals surface area contributed by atoms with E-state index in [9.17, 15) is 13.2 Å². The summed E-state index contributed by atoms with van der Waals surface area (Å²) in [6.07, 6.45) is 0.847. The highest BCUT2D eigenvalue weighted by Crippen LogP contribution is 2.05. The molecule has 0 fully saturated rings. The Hall–Kier alpha value is -1.98. The van der Waals surface area contributed by atoms with Gasteiger partial charge in [0, 0.05) is 5.56 Å². The lowest BCUT2D eigenvalue weighted by Gasteiger charge is -1.92. The van der Waals surface area contributed by atoms with Crippen LogP contribution in [-0.4, -0.2) is 19.3 Å². The Morgan fingerprint density at radius 3 is 1.84 bits per heavy atom. The van der Waals surface area contributed by atoms with Crippen LogP contribution in [0.5, 0.6) is 0 Å². The van der Waals surface area contributed by atoms with Crippen molar-refractivity contribution in [1.29, 1.82) is 0 Å². The van der Waals surface area contributed by atoms with Crippen molar-refractivity contribution in [3.05, 3.63) is 65.7 Å².